The van der Waals surface area contributed by atoms with Gasteiger partial charge in [0.15, 0.2) is 11.5 Å². The van der Waals surface area contributed by atoms with Crippen LogP contribution in [0.25, 0.3) is 0 Å². The van der Waals surface area contributed by atoms with Crippen molar-refractivity contribution in [3.63, 3.8) is 0 Å². The van der Waals surface area contributed by atoms with Gasteiger partial charge in [0.25, 0.3) is 5.56 Å². The molecule has 8 heteroatoms. The summed E-state index contributed by atoms with van der Waals surface area (Å²) in [6.07, 6.45) is 4.77. The van der Waals surface area contributed by atoms with Crippen LogP contribution in [0.3, 0.4) is 0 Å². The number of hydrogen-bond acceptors (Lipinski definition) is 7. The molecule has 0 spiro atoms. The van der Waals surface area contributed by atoms with Gasteiger partial charge in [0.05, 0.1) is 17.9 Å². The highest BCUT2D eigenvalue weighted by Crippen LogP contribution is 2.24. The first kappa shape index (κ1) is 14.0. The minimum absolute atomic E-state index is 0.130. The summed E-state index contributed by atoms with van der Waals surface area (Å²) >= 11 is 0. The van der Waals surface area contributed by atoms with Crippen molar-refractivity contribution in [1.29, 1.82) is 5.26 Å². The van der Waals surface area contributed by atoms with Crippen molar-refractivity contribution in [2.75, 3.05) is 29.9 Å². The molecule has 8 nitrogen and oxygen atoms in total. The fourth-order valence-electron chi connectivity index (χ4n) is 2.38. The molecule has 0 aromatic carbocycles. The summed E-state index contributed by atoms with van der Waals surface area (Å²) in [7, 11) is 3.52. The molecular weight excluding hydrogens is 282 g/mol. The summed E-state index contributed by atoms with van der Waals surface area (Å²) in [5, 5.41) is 13.1. The van der Waals surface area contributed by atoms with Crippen LogP contribution in [0.1, 0.15) is 5.69 Å². The predicted octanol–water partition coefficient (Wildman–Crippen LogP) is -0.233. The second kappa shape index (κ2) is 5.44. The van der Waals surface area contributed by atoms with Crippen molar-refractivity contribution in [3.05, 3.63) is 40.7 Å². The van der Waals surface area contributed by atoms with Crippen LogP contribution < -0.4 is 15.4 Å². The molecule has 0 saturated carbocycles. The van der Waals surface area contributed by atoms with Crippen LogP contribution in [-0.4, -0.2) is 45.9 Å². The second-order valence-electron chi connectivity index (χ2n) is 5.19. The average molecular weight is 297 g/mol. The monoisotopic (exact) mass is 297 g/mol. The van der Waals surface area contributed by atoms with Gasteiger partial charge in [0.1, 0.15) is 6.07 Å². The number of nitriles is 1. The van der Waals surface area contributed by atoms with Crippen molar-refractivity contribution in [2.24, 2.45) is 7.05 Å². The molecule has 1 saturated heterocycles. The maximum atomic E-state index is 11.6. The van der Waals surface area contributed by atoms with Gasteiger partial charge in [-0.2, -0.15) is 10.4 Å². The molecule has 112 valence electrons. The zero-order valence-electron chi connectivity index (χ0n) is 12.3. The molecule has 3 rings (SSSR count). The predicted molar refractivity (Wildman–Crippen MR) is 80.6 cm³/mol. The number of aryl methyl sites for hydroxylation is 1. The van der Waals surface area contributed by atoms with E-state index in [0.29, 0.717) is 11.5 Å². The van der Waals surface area contributed by atoms with Crippen molar-refractivity contribution < 1.29 is 0 Å². The summed E-state index contributed by atoms with van der Waals surface area (Å²) < 4.78 is 1.30. The van der Waals surface area contributed by atoms with Crippen LogP contribution in [0.2, 0.25) is 0 Å². The van der Waals surface area contributed by atoms with E-state index in [1.807, 2.05) is 11.9 Å². The maximum absolute atomic E-state index is 11.6. The third kappa shape index (κ3) is 2.37. The second-order valence-corrected chi connectivity index (χ2v) is 5.19. The first-order valence-electron chi connectivity index (χ1n) is 6.82. The van der Waals surface area contributed by atoms with Crippen LogP contribution in [0, 0.1) is 11.3 Å². The van der Waals surface area contributed by atoms with Gasteiger partial charge in [0.2, 0.25) is 0 Å². The van der Waals surface area contributed by atoms with E-state index >= 15 is 0 Å². The lowest BCUT2D eigenvalue weighted by molar-refractivity contribution is 0.491. The zero-order valence-corrected chi connectivity index (χ0v) is 12.3. The standard InChI is InChI=1S/C14H15N7O/c1-19(14-12(6-15)16-3-4-17-14)11-8-21(9-11)10-5-13(22)20(2)18-7-10/h3-5,7,11H,8-9H2,1-2H3. The van der Waals surface area contributed by atoms with E-state index in [-0.39, 0.29) is 11.6 Å². The van der Waals surface area contributed by atoms with Gasteiger partial charge in [-0.15, -0.1) is 0 Å². The smallest absolute Gasteiger partial charge is 0.268 e. The lowest BCUT2D eigenvalue weighted by Gasteiger charge is -2.45. The molecule has 2 aromatic rings. The Morgan fingerprint density at radius 1 is 1.36 bits per heavy atom. The van der Waals surface area contributed by atoms with E-state index in [9.17, 15) is 4.79 Å². The summed E-state index contributed by atoms with van der Waals surface area (Å²) in [5.74, 6) is 0.580. The van der Waals surface area contributed by atoms with Crippen LogP contribution >= 0.6 is 0 Å². The molecule has 2 aromatic heterocycles. The third-order valence-electron chi connectivity index (χ3n) is 3.85. The fourth-order valence-corrected chi connectivity index (χ4v) is 2.38. The maximum Gasteiger partial charge on any atom is 0.268 e. The molecule has 0 atom stereocenters. The molecule has 3 heterocycles. The Balaban J connectivity index is 1.71. The lowest BCUT2D eigenvalue weighted by Crippen LogP contribution is -2.59. The Kier molecular flexibility index (Phi) is 3.47. The third-order valence-corrected chi connectivity index (χ3v) is 3.85. The number of hydrogen-bond donors (Lipinski definition) is 0. The van der Waals surface area contributed by atoms with Crippen LogP contribution in [0.15, 0.2) is 29.5 Å². The van der Waals surface area contributed by atoms with E-state index in [2.05, 4.69) is 26.0 Å². The van der Waals surface area contributed by atoms with Gasteiger partial charge in [-0.1, -0.05) is 0 Å². The van der Waals surface area contributed by atoms with Crippen molar-refractivity contribution in [1.82, 2.24) is 19.7 Å². The number of nitrogens with zero attached hydrogens (tertiary/aromatic N) is 7. The molecule has 0 unspecified atom stereocenters. The molecule has 0 radical (unpaired) electrons. The van der Waals surface area contributed by atoms with Gasteiger partial charge in [0, 0.05) is 45.6 Å². The molecule has 1 fully saturated rings. The largest absolute Gasteiger partial charge is 0.366 e. The molecule has 22 heavy (non-hydrogen) atoms. The summed E-state index contributed by atoms with van der Waals surface area (Å²) in [6.45, 7) is 1.49. The first-order chi connectivity index (χ1) is 10.6. The first-order valence-corrected chi connectivity index (χ1v) is 6.82. The van der Waals surface area contributed by atoms with Crippen LogP contribution in [0.4, 0.5) is 11.5 Å². The van der Waals surface area contributed by atoms with Crippen molar-refractivity contribution in [3.8, 4) is 6.07 Å². The van der Waals surface area contributed by atoms with E-state index in [1.54, 1.807) is 25.5 Å². The van der Waals surface area contributed by atoms with Crippen molar-refractivity contribution >= 4 is 11.5 Å². The quantitative estimate of drug-likeness (QED) is 0.772. The fraction of sp³-hybridized carbons (Fsp3) is 0.357. The highest BCUT2D eigenvalue weighted by molar-refractivity contribution is 5.54. The van der Waals surface area contributed by atoms with Gasteiger partial charge in [-0.05, 0) is 0 Å². The van der Waals surface area contributed by atoms with E-state index in [1.165, 1.54) is 10.9 Å². The number of likely N-dealkylation sites (N-methyl/N-ethyl adjacent to an activating group) is 1. The van der Waals surface area contributed by atoms with Crippen LogP contribution in [0.5, 0.6) is 0 Å². The Hall–Kier alpha value is -2.95. The number of aromatic nitrogens is 4. The van der Waals surface area contributed by atoms with Gasteiger partial charge in [-0.25, -0.2) is 14.6 Å². The van der Waals surface area contributed by atoms with Gasteiger partial charge < -0.3 is 9.80 Å². The summed E-state index contributed by atoms with van der Waals surface area (Å²) in [4.78, 5) is 23.9. The molecule has 1 aliphatic rings. The Morgan fingerprint density at radius 3 is 2.77 bits per heavy atom. The number of anilines is 2. The number of rotatable bonds is 3. The molecule has 0 bridgehead atoms. The Morgan fingerprint density at radius 2 is 2.09 bits per heavy atom. The normalized spacial score (nSPS) is 14.3. The zero-order chi connectivity index (χ0) is 15.7. The average Bonchev–Trinajstić information content (AvgIpc) is 2.49. The molecule has 1 aliphatic heterocycles. The minimum atomic E-state index is -0.130. The molecule has 0 N–H and O–H groups in total. The highest BCUT2D eigenvalue weighted by Gasteiger charge is 2.32. The van der Waals surface area contributed by atoms with Crippen LogP contribution in [-0.2, 0) is 7.05 Å². The summed E-state index contributed by atoms with van der Waals surface area (Å²) in [5.41, 5.74) is 1.00. The van der Waals surface area contributed by atoms with E-state index in [4.69, 9.17) is 5.26 Å². The Bertz CT molecular complexity index is 788. The topological polar surface area (TPSA) is 90.9 Å². The Labute approximate surface area is 127 Å². The van der Waals surface area contributed by atoms with Crippen molar-refractivity contribution in [2.45, 2.75) is 6.04 Å². The van der Waals surface area contributed by atoms with E-state index in [0.717, 1.165) is 18.8 Å². The van der Waals surface area contributed by atoms with Gasteiger partial charge in [-0.3, -0.25) is 4.79 Å². The summed E-state index contributed by atoms with van der Waals surface area (Å²) in [6, 6.07) is 3.84. The molecule has 0 amide bonds. The minimum Gasteiger partial charge on any atom is -0.366 e. The lowest BCUT2D eigenvalue weighted by atomic mass is 10.1. The van der Waals surface area contributed by atoms with Gasteiger partial charge >= 0.3 is 0 Å². The SMILES string of the molecule is CN(c1nccnc1C#N)C1CN(c2cnn(C)c(=O)c2)C1. The van der Waals surface area contributed by atoms with E-state index < -0.39 is 0 Å². The molecular formula is C14H15N7O. The molecule has 0 aliphatic carbocycles. The highest BCUT2D eigenvalue weighted by atomic mass is 16.1.